The fourth-order valence-electron chi connectivity index (χ4n) is 2.14. The van der Waals surface area contributed by atoms with Gasteiger partial charge in [0.05, 0.1) is 0 Å². The molecule has 1 aromatic rings. The maximum Gasteiger partial charge on any atom is 0.247 e. The van der Waals surface area contributed by atoms with E-state index in [0.29, 0.717) is 12.6 Å². The highest BCUT2D eigenvalue weighted by atomic mass is 79.9. The Labute approximate surface area is 125 Å². The Morgan fingerprint density at radius 2 is 1.95 bits per heavy atom. The first kappa shape index (κ1) is 15.8. The number of sulfonamides is 1. The first-order valence-electron chi connectivity index (χ1n) is 6.08. The molecule has 2 rings (SSSR count). The molecule has 1 aromatic carbocycles. The smallest absolute Gasteiger partial charge is 0.247 e. The highest BCUT2D eigenvalue weighted by Gasteiger charge is 2.34. The van der Waals surface area contributed by atoms with Gasteiger partial charge in [-0.15, -0.1) is 0 Å². The van der Waals surface area contributed by atoms with Crippen molar-refractivity contribution < 1.29 is 17.2 Å². The summed E-state index contributed by atoms with van der Waals surface area (Å²) in [5.74, 6) is -1.90. The molecule has 0 aromatic heterocycles. The molecule has 0 aliphatic carbocycles. The van der Waals surface area contributed by atoms with E-state index in [1.54, 1.807) is 0 Å². The van der Waals surface area contributed by atoms with Crippen LogP contribution in [0.3, 0.4) is 0 Å². The van der Waals surface area contributed by atoms with Gasteiger partial charge in [-0.2, -0.15) is 4.31 Å². The molecule has 1 saturated heterocycles. The van der Waals surface area contributed by atoms with Crippen LogP contribution in [-0.4, -0.2) is 50.3 Å². The normalized spacial score (nSPS) is 22.1. The van der Waals surface area contributed by atoms with Crippen LogP contribution < -0.4 is 0 Å². The topological polar surface area (TPSA) is 40.6 Å². The summed E-state index contributed by atoms with van der Waals surface area (Å²) < 4.78 is 53.1. The summed E-state index contributed by atoms with van der Waals surface area (Å²) in [6.07, 6.45) is 0. The molecular weight excluding hydrogens is 354 g/mol. The third-order valence-corrected chi connectivity index (χ3v) is 6.31. The lowest BCUT2D eigenvalue weighted by molar-refractivity contribution is 0.159. The Balaban J connectivity index is 2.41. The summed E-state index contributed by atoms with van der Waals surface area (Å²) in [6, 6.07) is 1.58. The zero-order chi connectivity index (χ0) is 15.1. The zero-order valence-corrected chi connectivity index (χ0v) is 13.5. The minimum atomic E-state index is -3.98. The Kier molecular flexibility index (Phi) is 4.48. The van der Waals surface area contributed by atoms with Gasteiger partial charge < -0.3 is 4.90 Å². The second kappa shape index (κ2) is 5.67. The average Bonchev–Trinajstić information content (AvgIpc) is 2.30. The molecule has 1 aliphatic rings. The molecule has 4 nitrogen and oxygen atoms in total. The van der Waals surface area contributed by atoms with Gasteiger partial charge in [-0.05, 0) is 36.0 Å². The number of nitrogens with zero attached hydrogens (tertiary/aromatic N) is 2. The molecule has 0 amide bonds. The van der Waals surface area contributed by atoms with Crippen LogP contribution in [0.2, 0.25) is 0 Å². The van der Waals surface area contributed by atoms with Crippen molar-refractivity contribution in [3.8, 4) is 0 Å². The van der Waals surface area contributed by atoms with Crippen LogP contribution in [0.4, 0.5) is 8.78 Å². The van der Waals surface area contributed by atoms with Gasteiger partial charge in [0.25, 0.3) is 0 Å². The number of halogens is 3. The van der Waals surface area contributed by atoms with Gasteiger partial charge in [0.15, 0.2) is 0 Å². The molecule has 0 N–H and O–H groups in total. The third kappa shape index (κ3) is 2.88. The minimum absolute atomic E-state index is 0.0424. The van der Waals surface area contributed by atoms with Crippen molar-refractivity contribution in [2.75, 3.05) is 26.7 Å². The van der Waals surface area contributed by atoms with Gasteiger partial charge in [0.2, 0.25) is 10.0 Å². The van der Waals surface area contributed by atoms with Gasteiger partial charge in [0.1, 0.15) is 16.5 Å². The molecule has 1 aliphatic heterocycles. The summed E-state index contributed by atoms with van der Waals surface area (Å²) in [4.78, 5) is 1.53. The summed E-state index contributed by atoms with van der Waals surface area (Å²) in [7, 11) is -2.07. The van der Waals surface area contributed by atoms with E-state index < -0.39 is 26.6 Å². The van der Waals surface area contributed by atoms with E-state index >= 15 is 0 Å². The molecule has 1 heterocycles. The predicted octanol–water partition coefficient (Wildman–Crippen LogP) is 2.05. The van der Waals surface area contributed by atoms with Crippen molar-refractivity contribution in [1.82, 2.24) is 9.21 Å². The molecule has 1 atom stereocenters. The van der Waals surface area contributed by atoms with Gasteiger partial charge in [-0.25, -0.2) is 17.2 Å². The number of rotatable bonds is 2. The lowest BCUT2D eigenvalue weighted by Gasteiger charge is -2.36. The molecule has 0 spiro atoms. The van der Waals surface area contributed by atoms with Crippen molar-refractivity contribution in [3.05, 3.63) is 28.2 Å². The van der Waals surface area contributed by atoms with Crippen LogP contribution in [0, 0.1) is 11.6 Å². The molecule has 0 bridgehead atoms. The third-order valence-electron chi connectivity index (χ3n) is 3.48. The van der Waals surface area contributed by atoms with E-state index in [9.17, 15) is 17.2 Å². The molecule has 20 heavy (non-hydrogen) atoms. The van der Waals surface area contributed by atoms with Crippen LogP contribution >= 0.6 is 15.9 Å². The lowest BCUT2D eigenvalue weighted by Crippen LogP contribution is -2.52. The second-order valence-corrected chi connectivity index (χ2v) is 7.62. The fraction of sp³-hybridized carbons (Fsp3) is 0.500. The maximum absolute atomic E-state index is 13.8. The molecule has 112 valence electrons. The van der Waals surface area contributed by atoms with Crippen LogP contribution in [-0.2, 0) is 10.0 Å². The molecule has 0 saturated carbocycles. The minimum Gasteiger partial charge on any atom is -0.301 e. The Morgan fingerprint density at radius 1 is 1.30 bits per heavy atom. The molecular formula is C12H15BrF2N2O2S. The van der Waals surface area contributed by atoms with Gasteiger partial charge in [-0.1, -0.05) is 0 Å². The van der Waals surface area contributed by atoms with E-state index in [-0.39, 0.29) is 23.6 Å². The summed E-state index contributed by atoms with van der Waals surface area (Å²) in [6.45, 7) is 3.03. The van der Waals surface area contributed by atoms with Crippen LogP contribution in [0.5, 0.6) is 0 Å². The van der Waals surface area contributed by atoms with E-state index in [2.05, 4.69) is 15.9 Å². The molecule has 1 fully saturated rings. The van der Waals surface area contributed by atoms with Gasteiger partial charge in [-0.3, -0.25) is 0 Å². The number of likely N-dealkylation sites (N-methyl/N-ethyl adjacent to an activating group) is 1. The number of hydrogen-bond acceptors (Lipinski definition) is 3. The van der Waals surface area contributed by atoms with E-state index in [4.69, 9.17) is 0 Å². The van der Waals surface area contributed by atoms with Gasteiger partial charge >= 0.3 is 0 Å². The number of hydrogen-bond donors (Lipinski definition) is 0. The van der Waals surface area contributed by atoms with Crippen molar-refractivity contribution in [1.29, 1.82) is 0 Å². The summed E-state index contributed by atoms with van der Waals surface area (Å²) in [5, 5.41) is 0. The van der Waals surface area contributed by atoms with Crippen LogP contribution in [0.1, 0.15) is 6.92 Å². The monoisotopic (exact) mass is 368 g/mol. The highest BCUT2D eigenvalue weighted by Crippen LogP contribution is 2.29. The van der Waals surface area contributed by atoms with Crippen molar-refractivity contribution in [2.24, 2.45) is 0 Å². The SMILES string of the molecule is CC1CN(S(=O)(=O)c2c(F)cc(F)cc2Br)CCN1C. The summed E-state index contributed by atoms with van der Waals surface area (Å²) >= 11 is 2.93. The lowest BCUT2D eigenvalue weighted by atomic mass is 10.2. The maximum atomic E-state index is 13.8. The molecule has 1 unspecified atom stereocenters. The summed E-state index contributed by atoms with van der Waals surface area (Å²) in [5.41, 5.74) is 0. The zero-order valence-electron chi connectivity index (χ0n) is 11.1. The Bertz CT molecular complexity index is 601. The van der Waals surface area contributed by atoms with Crippen LogP contribution in [0.15, 0.2) is 21.5 Å². The molecule has 8 heteroatoms. The second-order valence-electron chi connectivity index (χ2n) is 4.89. The van der Waals surface area contributed by atoms with E-state index in [1.807, 2.05) is 18.9 Å². The van der Waals surface area contributed by atoms with Crippen molar-refractivity contribution in [2.45, 2.75) is 17.9 Å². The molecule has 0 radical (unpaired) electrons. The van der Waals surface area contributed by atoms with Gasteiger partial charge in [0, 0.05) is 36.2 Å². The average molecular weight is 369 g/mol. The highest BCUT2D eigenvalue weighted by molar-refractivity contribution is 9.10. The Hall–Kier alpha value is -0.570. The standard InChI is InChI=1S/C12H15BrF2N2O2S/c1-8-7-17(4-3-16(8)2)20(18,19)12-10(13)5-9(14)6-11(12)15/h5-6,8H,3-4,7H2,1-2H3. The quantitative estimate of drug-likeness (QED) is 0.801. The Morgan fingerprint density at radius 3 is 2.50 bits per heavy atom. The van der Waals surface area contributed by atoms with E-state index in [0.717, 1.165) is 6.07 Å². The van der Waals surface area contributed by atoms with E-state index in [1.165, 1.54) is 4.31 Å². The largest absolute Gasteiger partial charge is 0.301 e. The fourth-order valence-corrected chi connectivity index (χ4v) is 4.76. The van der Waals surface area contributed by atoms with Crippen molar-refractivity contribution in [3.63, 3.8) is 0 Å². The number of piperazine rings is 1. The number of benzene rings is 1. The predicted molar refractivity (Wildman–Crippen MR) is 74.9 cm³/mol. The van der Waals surface area contributed by atoms with Crippen LogP contribution in [0.25, 0.3) is 0 Å². The first-order chi connectivity index (χ1) is 9.23. The van der Waals surface area contributed by atoms with Crippen molar-refractivity contribution >= 4 is 26.0 Å². The first-order valence-corrected chi connectivity index (χ1v) is 8.31.